The maximum Gasteiger partial charge on any atom is 0.240 e. The molecular weight excluding hydrogens is 274 g/mol. The van der Waals surface area contributed by atoms with Crippen LogP contribution in [0.5, 0.6) is 0 Å². The molecule has 1 aromatic rings. The number of hydrogen-bond donors (Lipinski definition) is 2. The zero-order valence-electron chi connectivity index (χ0n) is 10.5. The fourth-order valence-electron chi connectivity index (χ4n) is 2.03. The SMILES string of the molecule is CC1CCC(NS(=O)(=O)c2ccc(F)c(F)c2)CN1. The lowest BCUT2D eigenvalue weighted by molar-refractivity contribution is 0.366. The van der Waals surface area contributed by atoms with E-state index in [4.69, 9.17) is 0 Å². The van der Waals surface area contributed by atoms with E-state index in [2.05, 4.69) is 10.0 Å². The first-order valence-electron chi connectivity index (χ1n) is 6.09. The molecule has 2 N–H and O–H groups in total. The molecule has 19 heavy (non-hydrogen) atoms. The molecule has 1 aromatic carbocycles. The minimum absolute atomic E-state index is 0.227. The molecule has 106 valence electrons. The second-order valence-corrected chi connectivity index (χ2v) is 6.49. The average molecular weight is 290 g/mol. The van der Waals surface area contributed by atoms with E-state index in [0.717, 1.165) is 25.0 Å². The molecule has 1 saturated heterocycles. The molecule has 0 radical (unpaired) electrons. The van der Waals surface area contributed by atoms with Gasteiger partial charge in [0.2, 0.25) is 10.0 Å². The van der Waals surface area contributed by atoms with Crippen molar-refractivity contribution in [2.24, 2.45) is 0 Å². The van der Waals surface area contributed by atoms with Crippen molar-refractivity contribution in [2.45, 2.75) is 36.7 Å². The van der Waals surface area contributed by atoms with Gasteiger partial charge in [-0.15, -0.1) is 0 Å². The van der Waals surface area contributed by atoms with Crippen LogP contribution in [-0.2, 0) is 10.0 Å². The molecule has 2 rings (SSSR count). The van der Waals surface area contributed by atoms with Crippen molar-refractivity contribution in [3.63, 3.8) is 0 Å². The molecule has 1 aliphatic heterocycles. The minimum atomic E-state index is -3.81. The van der Waals surface area contributed by atoms with Crippen LogP contribution in [0.2, 0.25) is 0 Å². The molecule has 0 amide bonds. The van der Waals surface area contributed by atoms with Crippen LogP contribution in [0.3, 0.4) is 0 Å². The summed E-state index contributed by atoms with van der Waals surface area (Å²) >= 11 is 0. The van der Waals surface area contributed by atoms with Gasteiger partial charge in [0.25, 0.3) is 0 Å². The zero-order chi connectivity index (χ0) is 14.0. The van der Waals surface area contributed by atoms with Crippen molar-refractivity contribution < 1.29 is 17.2 Å². The number of halogens is 2. The van der Waals surface area contributed by atoms with E-state index in [1.54, 1.807) is 0 Å². The summed E-state index contributed by atoms with van der Waals surface area (Å²) in [6, 6.07) is 2.69. The van der Waals surface area contributed by atoms with Gasteiger partial charge in [-0.1, -0.05) is 0 Å². The number of sulfonamides is 1. The second-order valence-electron chi connectivity index (χ2n) is 4.78. The van der Waals surface area contributed by atoms with Crippen LogP contribution in [0.4, 0.5) is 8.78 Å². The number of benzene rings is 1. The number of piperidine rings is 1. The highest BCUT2D eigenvalue weighted by molar-refractivity contribution is 7.89. The molecule has 0 aliphatic carbocycles. The van der Waals surface area contributed by atoms with Gasteiger partial charge in [-0.3, -0.25) is 0 Å². The van der Waals surface area contributed by atoms with Crippen LogP contribution in [0, 0.1) is 11.6 Å². The van der Waals surface area contributed by atoms with Crippen LogP contribution in [0.1, 0.15) is 19.8 Å². The van der Waals surface area contributed by atoms with E-state index in [1.165, 1.54) is 0 Å². The van der Waals surface area contributed by atoms with Gasteiger partial charge in [-0.05, 0) is 38.0 Å². The first-order chi connectivity index (χ1) is 8.88. The quantitative estimate of drug-likeness (QED) is 0.884. The lowest BCUT2D eigenvalue weighted by Gasteiger charge is -2.28. The third kappa shape index (κ3) is 3.49. The number of rotatable bonds is 3. The molecule has 0 saturated carbocycles. The summed E-state index contributed by atoms with van der Waals surface area (Å²) in [5.41, 5.74) is 0. The Bertz CT molecular complexity index is 555. The number of hydrogen-bond acceptors (Lipinski definition) is 3. The van der Waals surface area contributed by atoms with E-state index in [1.807, 2.05) is 6.92 Å². The highest BCUT2D eigenvalue weighted by Crippen LogP contribution is 2.16. The zero-order valence-corrected chi connectivity index (χ0v) is 11.3. The van der Waals surface area contributed by atoms with E-state index < -0.39 is 21.7 Å². The van der Waals surface area contributed by atoms with Crippen LogP contribution in [-0.4, -0.2) is 27.0 Å². The predicted molar refractivity (Wildman–Crippen MR) is 67.2 cm³/mol. The van der Waals surface area contributed by atoms with E-state index in [9.17, 15) is 17.2 Å². The van der Waals surface area contributed by atoms with Gasteiger partial charge in [-0.2, -0.15) is 0 Å². The lowest BCUT2D eigenvalue weighted by Crippen LogP contribution is -2.48. The highest BCUT2D eigenvalue weighted by atomic mass is 32.2. The molecule has 4 nitrogen and oxygen atoms in total. The Hall–Kier alpha value is -1.05. The Morgan fingerprint density at radius 2 is 2.00 bits per heavy atom. The van der Waals surface area contributed by atoms with Crippen LogP contribution < -0.4 is 10.0 Å². The normalized spacial score (nSPS) is 24.4. The van der Waals surface area contributed by atoms with E-state index in [-0.39, 0.29) is 10.9 Å². The molecule has 1 aliphatic rings. The van der Waals surface area contributed by atoms with Gasteiger partial charge in [0.15, 0.2) is 11.6 Å². The van der Waals surface area contributed by atoms with Crippen LogP contribution in [0.25, 0.3) is 0 Å². The van der Waals surface area contributed by atoms with Gasteiger partial charge in [0.05, 0.1) is 4.90 Å². The Morgan fingerprint density at radius 3 is 2.58 bits per heavy atom. The molecular formula is C12H16F2N2O2S. The van der Waals surface area contributed by atoms with Crippen molar-refractivity contribution in [3.05, 3.63) is 29.8 Å². The van der Waals surface area contributed by atoms with Crippen LogP contribution >= 0.6 is 0 Å². The third-order valence-corrected chi connectivity index (χ3v) is 4.70. The first-order valence-corrected chi connectivity index (χ1v) is 7.57. The van der Waals surface area contributed by atoms with Gasteiger partial charge in [0, 0.05) is 18.6 Å². The minimum Gasteiger partial charge on any atom is -0.313 e. The lowest BCUT2D eigenvalue weighted by atomic mass is 10.0. The summed E-state index contributed by atoms with van der Waals surface area (Å²) in [7, 11) is -3.81. The molecule has 7 heteroatoms. The Labute approximate surface area is 111 Å². The topological polar surface area (TPSA) is 58.2 Å². The average Bonchev–Trinajstić information content (AvgIpc) is 2.35. The van der Waals surface area contributed by atoms with Gasteiger partial charge < -0.3 is 5.32 Å². The molecule has 0 spiro atoms. The van der Waals surface area contributed by atoms with Crippen molar-refractivity contribution in [2.75, 3.05) is 6.54 Å². The fourth-order valence-corrected chi connectivity index (χ4v) is 3.31. The van der Waals surface area contributed by atoms with Gasteiger partial charge in [0.1, 0.15) is 0 Å². The first kappa shape index (κ1) is 14.4. The molecule has 1 fully saturated rings. The fraction of sp³-hybridized carbons (Fsp3) is 0.500. The highest BCUT2D eigenvalue weighted by Gasteiger charge is 2.24. The van der Waals surface area contributed by atoms with E-state index in [0.29, 0.717) is 18.7 Å². The largest absolute Gasteiger partial charge is 0.313 e. The predicted octanol–water partition coefficient (Wildman–Crippen LogP) is 1.38. The maximum atomic E-state index is 13.1. The van der Waals surface area contributed by atoms with E-state index >= 15 is 0 Å². The third-order valence-electron chi connectivity index (χ3n) is 3.18. The van der Waals surface area contributed by atoms with Crippen molar-refractivity contribution in [3.8, 4) is 0 Å². The molecule has 0 bridgehead atoms. The Kier molecular flexibility index (Phi) is 4.17. The molecule has 2 atom stereocenters. The second kappa shape index (κ2) is 5.52. The maximum absolute atomic E-state index is 13.1. The monoisotopic (exact) mass is 290 g/mol. The van der Waals surface area contributed by atoms with Crippen molar-refractivity contribution >= 4 is 10.0 Å². The smallest absolute Gasteiger partial charge is 0.240 e. The summed E-state index contributed by atoms with van der Waals surface area (Å²) < 4.78 is 52.4. The summed E-state index contributed by atoms with van der Waals surface area (Å²) in [6.07, 6.45) is 1.59. The van der Waals surface area contributed by atoms with Crippen molar-refractivity contribution in [1.29, 1.82) is 0 Å². The van der Waals surface area contributed by atoms with Gasteiger partial charge >= 0.3 is 0 Å². The van der Waals surface area contributed by atoms with Crippen molar-refractivity contribution in [1.82, 2.24) is 10.0 Å². The summed E-state index contributed by atoms with van der Waals surface area (Å²) in [4.78, 5) is -0.259. The molecule has 2 unspecified atom stereocenters. The van der Waals surface area contributed by atoms with Gasteiger partial charge in [-0.25, -0.2) is 21.9 Å². The Morgan fingerprint density at radius 1 is 1.26 bits per heavy atom. The summed E-state index contributed by atoms with van der Waals surface area (Å²) in [5, 5.41) is 3.17. The molecule has 1 heterocycles. The number of nitrogens with one attached hydrogen (secondary N) is 2. The standard InChI is InChI=1S/C12H16F2N2O2S/c1-8-2-3-9(7-15-8)16-19(17,18)10-4-5-11(13)12(14)6-10/h4-6,8-9,15-16H,2-3,7H2,1H3. The summed E-state index contributed by atoms with van der Waals surface area (Å²) in [5.74, 6) is -2.23. The summed E-state index contributed by atoms with van der Waals surface area (Å²) in [6.45, 7) is 2.56. The van der Waals surface area contributed by atoms with Crippen LogP contribution in [0.15, 0.2) is 23.1 Å². The molecule has 0 aromatic heterocycles. The Balaban J connectivity index is 2.11.